The lowest BCUT2D eigenvalue weighted by Crippen LogP contribution is -2.16. The highest BCUT2D eigenvalue weighted by molar-refractivity contribution is 5.81. The number of fused-ring (bicyclic) bond motifs is 2. The van der Waals surface area contributed by atoms with Crippen molar-refractivity contribution in [3.8, 4) is 0 Å². The van der Waals surface area contributed by atoms with Crippen molar-refractivity contribution in [2.45, 2.75) is 38.5 Å². The summed E-state index contributed by atoms with van der Waals surface area (Å²) in [5.41, 5.74) is 0.957. The summed E-state index contributed by atoms with van der Waals surface area (Å²) < 4.78 is 0. The van der Waals surface area contributed by atoms with Gasteiger partial charge in [-0.25, -0.2) is 0 Å². The first kappa shape index (κ1) is 13.3. The Morgan fingerprint density at radius 3 is 2.50 bits per heavy atom. The van der Waals surface area contributed by atoms with Crippen LogP contribution in [0.5, 0.6) is 0 Å². The number of ketones is 1. The molecule has 0 radical (unpaired) electrons. The van der Waals surface area contributed by atoms with Crippen LogP contribution in [0.4, 0.5) is 5.69 Å². The zero-order valence-corrected chi connectivity index (χ0v) is 11.5. The molecule has 2 aliphatic rings. The summed E-state index contributed by atoms with van der Waals surface area (Å²) in [6.45, 7) is 0. The van der Waals surface area contributed by atoms with E-state index >= 15 is 0 Å². The number of nitro benzene ring substituents is 1. The largest absolute Gasteiger partial charge is 0.299 e. The standard InChI is InChI=1S/C16H19NO3/c18-16(10-14-8-12-1-4-13(14)7-12)9-11-2-5-15(6-3-11)17(19)20/h2-3,5-6,12-14H,1,4,7-10H2. The molecular weight excluding hydrogens is 254 g/mol. The molecule has 0 N–H and O–H groups in total. The fourth-order valence-electron chi connectivity index (χ4n) is 3.95. The second-order valence-electron chi connectivity index (χ2n) is 6.28. The Kier molecular flexibility index (Phi) is 3.55. The Labute approximate surface area is 118 Å². The smallest absolute Gasteiger partial charge is 0.269 e. The van der Waals surface area contributed by atoms with Gasteiger partial charge in [0.25, 0.3) is 5.69 Å². The van der Waals surface area contributed by atoms with Crippen molar-refractivity contribution in [3.05, 3.63) is 39.9 Å². The molecule has 106 valence electrons. The number of nitrogens with zero attached hydrogens (tertiary/aromatic N) is 1. The van der Waals surface area contributed by atoms with Gasteiger partial charge < -0.3 is 0 Å². The van der Waals surface area contributed by atoms with E-state index < -0.39 is 4.92 Å². The highest BCUT2D eigenvalue weighted by atomic mass is 16.6. The van der Waals surface area contributed by atoms with Crippen LogP contribution in [-0.4, -0.2) is 10.7 Å². The average Bonchev–Trinajstić information content (AvgIpc) is 3.01. The monoisotopic (exact) mass is 273 g/mol. The van der Waals surface area contributed by atoms with Crippen molar-refractivity contribution in [2.75, 3.05) is 0 Å². The fourth-order valence-corrected chi connectivity index (χ4v) is 3.95. The number of Topliss-reactive ketones (excluding diaryl/α,β-unsaturated/α-hetero) is 1. The molecule has 3 atom stereocenters. The van der Waals surface area contributed by atoms with E-state index in [1.54, 1.807) is 12.1 Å². The van der Waals surface area contributed by atoms with Crippen molar-refractivity contribution < 1.29 is 9.72 Å². The van der Waals surface area contributed by atoms with Crippen molar-refractivity contribution in [2.24, 2.45) is 17.8 Å². The second-order valence-corrected chi connectivity index (χ2v) is 6.28. The number of hydrogen-bond acceptors (Lipinski definition) is 3. The number of benzene rings is 1. The molecule has 2 fully saturated rings. The normalized spacial score (nSPS) is 27.7. The van der Waals surface area contributed by atoms with E-state index in [2.05, 4.69) is 0 Å². The first-order chi connectivity index (χ1) is 9.61. The summed E-state index contributed by atoms with van der Waals surface area (Å²) in [7, 11) is 0. The van der Waals surface area contributed by atoms with E-state index in [0.29, 0.717) is 18.8 Å². The molecule has 20 heavy (non-hydrogen) atoms. The van der Waals surface area contributed by atoms with Crippen molar-refractivity contribution in [3.63, 3.8) is 0 Å². The van der Waals surface area contributed by atoms with Crippen LogP contribution in [0.25, 0.3) is 0 Å². The molecule has 4 heteroatoms. The number of carbonyl (C=O) groups excluding carboxylic acids is 1. The molecule has 0 heterocycles. The molecule has 4 nitrogen and oxygen atoms in total. The van der Waals surface area contributed by atoms with E-state index in [0.717, 1.165) is 17.4 Å². The summed E-state index contributed by atoms with van der Waals surface area (Å²) >= 11 is 0. The number of hydrogen-bond donors (Lipinski definition) is 0. The van der Waals surface area contributed by atoms with Gasteiger partial charge in [0, 0.05) is 25.0 Å². The number of non-ortho nitro benzene ring substituents is 1. The minimum atomic E-state index is -0.416. The summed E-state index contributed by atoms with van der Waals surface area (Å²) in [6.07, 6.45) is 6.33. The predicted molar refractivity (Wildman–Crippen MR) is 75.4 cm³/mol. The van der Waals surface area contributed by atoms with Crippen LogP contribution in [0.3, 0.4) is 0 Å². The van der Waals surface area contributed by atoms with Crippen molar-refractivity contribution in [1.29, 1.82) is 0 Å². The Bertz CT molecular complexity index is 523. The summed E-state index contributed by atoms with van der Waals surface area (Å²) in [6, 6.07) is 6.33. The van der Waals surface area contributed by atoms with E-state index in [-0.39, 0.29) is 11.5 Å². The van der Waals surface area contributed by atoms with Gasteiger partial charge in [0.2, 0.25) is 0 Å². The average molecular weight is 273 g/mol. The Morgan fingerprint density at radius 2 is 1.95 bits per heavy atom. The van der Waals surface area contributed by atoms with Crippen LogP contribution in [-0.2, 0) is 11.2 Å². The van der Waals surface area contributed by atoms with Gasteiger partial charge in [0.15, 0.2) is 0 Å². The lowest BCUT2D eigenvalue weighted by molar-refractivity contribution is -0.384. The topological polar surface area (TPSA) is 60.2 Å². The number of carbonyl (C=O) groups is 1. The van der Waals surface area contributed by atoms with Crippen LogP contribution < -0.4 is 0 Å². The zero-order valence-electron chi connectivity index (χ0n) is 11.5. The molecule has 3 rings (SSSR count). The van der Waals surface area contributed by atoms with Gasteiger partial charge in [-0.05, 0) is 42.6 Å². The molecule has 1 aromatic carbocycles. The minimum Gasteiger partial charge on any atom is -0.299 e. The summed E-state index contributed by atoms with van der Waals surface area (Å²) in [4.78, 5) is 22.3. The van der Waals surface area contributed by atoms with E-state index in [1.807, 2.05) is 0 Å². The van der Waals surface area contributed by atoms with Gasteiger partial charge in [-0.3, -0.25) is 14.9 Å². The van der Waals surface area contributed by atoms with Crippen molar-refractivity contribution in [1.82, 2.24) is 0 Å². The Morgan fingerprint density at radius 1 is 1.20 bits per heavy atom. The third kappa shape index (κ3) is 2.74. The predicted octanol–water partition coefficient (Wildman–Crippen LogP) is 3.53. The van der Waals surface area contributed by atoms with Gasteiger partial charge in [-0.1, -0.05) is 18.6 Å². The van der Waals surface area contributed by atoms with Crippen molar-refractivity contribution >= 4 is 11.5 Å². The van der Waals surface area contributed by atoms with E-state index in [1.165, 1.54) is 37.8 Å². The van der Waals surface area contributed by atoms with E-state index in [4.69, 9.17) is 0 Å². The lowest BCUT2D eigenvalue weighted by Gasteiger charge is -2.20. The van der Waals surface area contributed by atoms with Crippen LogP contribution in [0.1, 0.15) is 37.7 Å². The molecular formula is C16H19NO3. The highest BCUT2D eigenvalue weighted by Gasteiger charge is 2.39. The molecule has 2 bridgehead atoms. The molecule has 2 aliphatic carbocycles. The Balaban J connectivity index is 1.55. The quantitative estimate of drug-likeness (QED) is 0.609. The van der Waals surface area contributed by atoms with Crippen LogP contribution >= 0.6 is 0 Å². The molecule has 3 unspecified atom stereocenters. The molecule has 0 spiro atoms. The van der Waals surface area contributed by atoms with E-state index in [9.17, 15) is 14.9 Å². The Hall–Kier alpha value is -1.71. The SMILES string of the molecule is O=C(Cc1ccc([N+](=O)[O-])cc1)CC1CC2CCC1C2. The highest BCUT2D eigenvalue weighted by Crippen LogP contribution is 2.49. The van der Waals surface area contributed by atoms with Gasteiger partial charge in [0.05, 0.1) is 4.92 Å². The van der Waals surface area contributed by atoms with Gasteiger partial charge in [0.1, 0.15) is 5.78 Å². The molecule has 0 amide bonds. The minimum absolute atomic E-state index is 0.0781. The number of rotatable bonds is 5. The summed E-state index contributed by atoms with van der Waals surface area (Å²) in [5, 5.41) is 10.6. The number of nitro groups is 1. The van der Waals surface area contributed by atoms with Gasteiger partial charge >= 0.3 is 0 Å². The zero-order chi connectivity index (χ0) is 14.1. The second kappa shape index (κ2) is 5.35. The molecule has 0 aliphatic heterocycles. The fraction of sp³-hybridized carbons (Fsp3) is 0.562. The van der Waals surface area contributed by atoms with Crippen LogP contribution in [0.2, 0.25) is 0 Å². The first-order valence-corrected chi connectivity index (χ1v) is 7.37. The lowest BCUT2D eigenvalue weighted by atomic mass is 9.84. The maximum Gasteiger partial charge on any atom is 0.269 e. The molecule has 1 aromatic rings. The van der Waals surface area contributed by atoms with Crippen LogP contribution in [0.15, 0.2) is 24.3 Å². The molecule has 0 aromatic heterocycles. The molecule has 2 saturated carbocycles. The molecule has 0 saturated heterocycles. The third-order valence-electron chi connectivity index (χ3n) is 4.92. The maximum atomic E-state index is 12.1. The third-order valence-corrected chi connectivity index (χ3v) is 4.92. The van der Waals surface area contributed by atoms with Gasteiger partial charge in [-0.15, -0.1) is 0 Å². The van der Waals surface area contributed by atoms with Gasteiger partial charge in [-0.2, -0.15) is 0 Å². The summed E-state index contributed by atoms with van der Waals surface area (Å²) in [5.74, 6) is 2.52. The van der Waals surface area contributed by atoms with Crippen LogP contribution in [0, 0.1) is 27.9 Å². The maximum absolute atomic E-state index is 12.1. The first-order valence-electron chi connectivity index (χ1n) is 7.37.